The molecule has 2 aromatic rings. The number of hydrogen-bond acceptors (Lipinski definition) is 2. The molecule has 0 saturated carbocycles. The highest BCUT2D eigenvalue weighted by atomic mass is 79.9. The van der Waals surface area contributed by atoms with E-state index < -0.39 is 0 Å². The smallest absolute Gasteiger partial charge is 0.119 e. The van der Waals surface area contributed by atoms with Gasteiger partial charge in [-0.25, -0.2) is 0 Å². The van der Waals surface area contributed by atoms with Gasteiger partial charge in [0, 0.05) is 17.1 Å². The zero-order valence-corrected chi connectivity index (χ0v) is 13.6. The number of benzene rings is 2. The van der Waals surface area contributed by atoms with Crippen LogP contribution < -0.4 is 10.1 Å². The molecule has 110 valence electrons. The third kappa shape index (κ3) is 4.08. The number of fused-ring (bicyclic) bond motifs is 1. The van der Waals surface area contributed by atoms with E-state index >= 15 is 0 Å². The van der Waals surface area contributed by atoms with Crippen LogP contribution in [0.2, 0.25) is 0 Å². The van der Waals surface area contributed by atoms with Gasteiger partial charge in [-0.2, -0.15) is 0 Å². The van der Waals surface area contributed by atoms with Gasteiger partial charge in [-0.15, -0.1) is 0 Å². The number of aryl methyl sites for hydroxylation is 1. The van der Waals surface area contributed by atoms with Crippen LogP contribution in [0.3, 0.4) is 0 Å². The van der Waals surface area contributed by atoms with Crippen molar-refractivity contribution in [1.82, 2.24) is 5.32 Å². The summed E-state index contributed by atoms with van der Waals surface area (Å²) in [5.74, 6) is 0.943. The Morgan fingerprint density at radius 2 is 1.95 bits per heavy atom. The zero-order valence-electron chi connectivity index (χ0n) is 12.0. The van der Waals surface area contributed by atoms with E-state index in [2.05, 4.69) is 39.4 Å². The van der Waals surface area contributed by atoms with Crippen LogP contribution in [0.1, 0.15) is 17.5 Å². The summed E-state index contributed by atoms with van der Waals surface area (Å²) in [6.45, 7) is 1.61. The van der Waals surface area contributed by atoms with Crippen molar-refractivity contribution < 1.29 is 4.74 Å². The molecule has 0 radical (unpaired) electrons. The van der Waals surface area contributed by atoms with Crippen LogP contribution in [-0.4, -0.2) is 19.2 Å². The first-order valence-corrected chi connectivity index (χ1v) is 8.29. The molecule has 2 nitrogen and oxygen atoms in total. The molecule has 3 heteroatoms. The van der Waals surface area contributed by atoms with Gasteiger partial charge in [0.25, 0.3) is 0 Å². The van der Waals surface area contributed by atoms with Gasteiger partial charge < -0.3 is 10.1 Å². The second-order valence-corrected chi connectivity index (χ2v) is 6.38. The van der Waals surface area contributed by atoms with Crippen molar-refractivity contribution in [2.45, 2.75) is 25.3 Å². The summed E-state index contributed by atoms with van der Waals surface area (Å²) in [6.07, 6.45) is 3.48. The lowest BCUT2D eigenvalue weighted by Gasteiger charge is -2.25. The van der Waals surface area contributed by atoms with Crippen LogP contribution in [0.15, 0.2) is 53.0 Å². The summed E-state index contributed by atoms with van der Waals surface area (Å²) in [6, 6.07) is 17.2. The van der Waals surface area contributed by atoms with Crippen LogP contribution in [0, 0.1) is 0 Å². The van der Waals surface area contributed by atoms with Crippen molar-refractivity contribution in [2.75, 3.05) is 13.2 Å². The molecule has 1 unspecified atom stereocenters. The Bertz CT molecular complexity index is 585. The Balaban J connectivity index is 1.44. The second kappa shape index (κ2) is 7.10. The standard InChI is InChI=1S/C18H20BrNO/c19-16-8-6-15-13-17(9-7-14(15)12-16)20-10-11-21-18-4-2-1-3-5-18/h1-6,8,12,17,20H,7,9-11,13H2. The minimum absolute atomic E-state index is 0.568. The zero-order chi connectivity index (χ0) is 14.5. The largest absolute Gasteiger partial charge is 0.492 e. The van der Waals surface area contributed by atoms with Crippen LogP contribution >= 0.6 is 15.9 Å². The maximum Gasteiger partial charge on any atom is 0.119 e. The average Bonchev–Trinajstić information content (AvgIpc) is 2.52. The molecule has 1 aliphatic rings. The van der Waals surface area contributed by atoms with Gasteiger partial charge in [0.2, 0.25) is 0 Å². The molecule has 0 aromatic heterocycles. The van der Waals surface area contributed by atoms with E-state index in [1.54, 1.807) is 0 Å². The molecule has 0 aliphatic heterocycles. The lowest BCUT2D eigenvalue weighted by molar-refractivity contribution is 0.300. The topological polar surface area (TPSA) is 21.3 Å². The third-order valence-electron chi connectivity index (χ3n) is 3.94. The first-order valence-electron chi connectivity index (χ1n) is 7.50. The molecule has 1 aliphatic carbocycles. The quantitative estimate of drug-likeness (QED) is 0.827. The monoisotopic (exact) mass is 345 g/mol. The average molecular weight is 346 g/mol. The minimum atomic E-state index is 0.568. The predicted octanol–water partition coefficient (Wildman–Crippen LogP) is 3.98. The fraction of sp³-hybridized carbons (Fsp3) is 0.333. The third-order valence-corrected chi connectivity index (χ3v) is 4.44. The number of hydrogen-bond donors (Lipinski definition) is 1. The summed E-state index contributed by atoms with van der Waals surface area (Å²) >= 11 is 3.55. The molecular formula is C18H20BrNO. The maximum absolute atomic E-state index is 5.71. The Morgan fingerprint density at radius 3 is 2.81 bits per heavy atom. The molecule has 0 amide bonds. The molecule has 21 heavy (non-hydrogen) atoms. The van der Waals surface area contributed by atoms with Crippen molar-refractivity contribution in [3.63, 3.8) is 0 Å². The van der Waals surface area contributed by atoms with E-state index in [0.717, 1.165) is 25.1 Å². The highest BCUT2D eigenvalue weighted by Gasteiger charge is 2.17. The van der Waals surface area contributed by atoms with Gasteiger partial charge in [-0.1, -0.05) is 40.2 Å². The molecule has 1 N–H and O–H groups in total. The fourth-order valence-corrected chi connectivity index (χ4v) is 3.25. The fourth-order valence-electron chi connectivity index (χ4n) is 2.85. The van der Waals surface area contributed by atoms with E-state index in [-0.39, 0.29) is 0 Å². The molecule has 0 saturated heterocycles. The van der Waals surface area contributed by atoms with Gasteiger partial charge in [-0.3, -0.25) is 0 Å². The summed E-state index contributed by atoms with van der Waals surface area (Å²) in [5.41, 5.74) is 2.97. The molecule has 0 heterocycles. The minimum Gasteiger partial charge on any atom is -0.492 e. The normalized spacial score (nSPS) is 17.3. The van der Waals surface area contributed by atoms with Gasteiger partial charge >= 0.3 is 0 Å². The highest BCUT2D eigenvalue weighted by molar-refractivity contribution is 9.10. The molecule has 0 spiro atoms. The predicted molar refractivity (Wildman–Crippen MR) is 89.9 cm³/mol. The first kappa shape index (κ1) is 14.6. The van der Waals surface area contributed by atoms with Crippen molar-refractivity contribution in [1.29, 1.82) is 0 Å². The Labute approximate surface area is 134 Å². The Hall–Kier alpha value is -1.32. The van der Waals surface area contributed by atoms with Crippen molar-refractivity contribution in [3.8, 4) is 5.75 Å². The molecule has 0 bridgehead atoms. The van der Waals surface area contributed by atoms with E-state index in [1.807, 2.05) is 30.3 Å². The van der Waals surface area contributed by atoms with E-state index in [0.29, 0.717) is 12.6 Å². The van der Waals surface area contributed by atoms with Crippen LogP contribution in [0.25, 0.3) is 0 Å². The molecule has 3 rings (SSSR count). The first-order chi connectivity index (χ1) is 10.3. The number of halogens is 1. The summed E-state index contributed by atoms with van der Waals surface area (Å²) in [5, 5.41) is 3.61. The summed E-state index contributed by atoms with van der Waals surface area (Å²) in [4.78, 5) is 0. The maximum atomic E-state index is 5.71. The molecule has 2 aromatic carbocycles. The Kier molecular flexibility index (Phi) is 4.94. The number of para-hydroxylation sites is 1. The highest BCUT2D eigenvalue weighted by Crippen LogP contribution is 2.24. The van der Waals surface area contributed by atoms with Crippen molar-refractivity contribution in [3.05, 3.63) is 64.1 Å². The Morgan fingerprint density at radius 1 is 1.10 bits per heavy atom. The number of ether oxygens (including phenoxy) is 1. The lowest BCUT2D eigenvalue weighted by Crippen LogP contribution is -2.37. The molecule has 0 fully saturated rings. The van der Waals surface area contributed by atoms with Crippen molar-refractivity contribution in [2.24, 2.45) is 0 Å². The van der Waals surface area contributed by atoms with Gasteiger partial charge in [0.05, 0.1) is 0 Å². The second-order valence-electron chi connectivity index (χ2n) is 5.47. The molecular weight excluding hydrogens is 326 g/mol. The number of rotatable bonds is 5. The lowest BCUT2D eigenvalue weighted by atomic mass is 9.88. The van der Waals surface area contributed by atoms with Crippen molar-refractivity contribution >= 4 is 15.9 Å². The summed E-state index contributed by atoms with van der Waals surface area (Å²) in [7, 11) is 0. The SMILES string of the molecule is Brc1ccc2c(c1)CCC(NCCOc1ccccc1)C2. The van der Waals surface area contributed by atoms with Gasteiger partial charge in [-0.05, 0) is 54.7 Å². The van der Waals surface area contributed by atoms with E-state index in [1.165, 1.54) is 22.0 Å². The molecule has 1 atom stereocenters. The summed E-state index contributed by atoms with van der Waals surface area (Å²) < 4.78 is 6.90. The van der Waals surface area contributed by atoms with Crippen LogP contribution in [0.4, 0.5) is 0 Å². The van der Waals surface area contributed by atoms with Gasteiger partial charge in [0.15, 0.2) is 0 Å². The van der Waals surface area contributed by atoms with E-state index in [4.69, 9.17) is 4.74 Å². The van der Waals surface area contributed by atoms with E-state index in [9.17, 15) is 0 Å². The van der Waals surface area contributed by atoms with Crippen LogP contribution in [0.5, 0.6) is 5.75 Å². The number of nitrogens with one attached hydrogen (secondary N) is 1. The van der Waals surface area contributed by atoms with Gasteiger partial charge in [0.1, 0.15) is 12.4 Å². The van der Waals surface area contributed by atoms with Crippen LogP contribution in [-0.2, 0) is 12.8 Å².